The molecule has 1 N–H and O–H groups in total. The molecule has 5 heteroatoms. The third-order valence-electron chi connectivity index (χ3n) is 4.00. The molecule has 1 aromatic heterocycles. The van der Waals surface area contributed by atoms with Crippen LogP contribution in [0.1, 0.15) is 32.4 Å². The fraction of sp³-hybridized carbons (Fsp3) is 0.615. The SMILES string of the molecule is Cc1ccc([N+](=O)[O-])c(NC2CCC(C)C2C)n1. The van der Waals surface area contributed by atoms with Crippen molar-refractivity contribution in [2.75, 3.05) is 5.32 Å². The van der Waals surface area contributed by atoms with Crippen molar-refractivity contribution in [3.8, 4) is 0 Å². The van der Waals surface area contributed by atoms with E-state index in [9.17, 15) is 10.1 Å². The van der Waals surface area contributed by atoms with Gasteiger partial charge in [0.05, 0.1) is 4.92 Å². The summed E-state index contributed by atoms with van der Waals surface area (Å²) in [4.78, 5) is 14.9. The normalized spacial score (nSPS) is 27.2. The summed E-state index contributed by atoms with van der Waals surface area (Å²) in [5.74, 6) is 1.59. The fourth-order valence-electron chi connectivity index (χ4n) is 2.55. The Labute approximate surface area is 107 Å². The molecule has 0 saturated heterocycles. The van der Waals surface area contributed by atoms with Gasteiger partial charge in [-0.15, -0.1) is 0 Å². The molecule has 0 radical (unpaired) electrons. The minimum atomic E-state index is -0.377. The summed E-state index contributed by atoms with van der Waals surface area (Å²) in [5, 5.41) is 14.2. The van der Waals surface area contributed by atoms with Crippen molar-refractivity contribution >= 4 is 11.5 Å². The molecule has 1 fully saturated rings. The van der Waals surface area contributed by atoms with Gasteiger partial charge in [0.25, 0.3) is 0 Å². The number of nitrogens with zero attached hydrogens (tertiary/aromatic N) is 2. The number of anilines is 1. The van der Waals surface area contributed by atoms with E-state index in [1.807, 2.05) is 6.92 Å². The Morgan fingerprint density at radius 2 is 2.11 bits per heavy atom. The Morgan fingerprint density at radius 3 is 2.67 bits per heavy atom. The highest BCUT2D eigenvalue weighted by Crippen LogP contribution is 2.34. The van der Waals surface area contributed by atoms with Crippen LogP contribution in [-0.4, -0.2) is 15.9 Å². The monoisotopic (exact) mass is 249 g/mol. The summed E-state index contributed by atoms with van der Waals surface area (Å²) in [5.41, 5.74) is 0.856. The van der Waals surface area contributed by atoms with Crippen LogP contribution in [0.15, 0.2) is 12.1 Å². The third-order valence-corrected chi connectivity index (χ3v) is 4.00. The molecule has 3 atom stereocenters. The molecular formula is C13H19N3O2. The van der Waals surface area contributed by atoms with E-state index in [1.54, 1.807) is 6.07 Å². The fourth-order valence-corrected chi connectivity index (χ4v) is 2.55. The summed E-state index contributed by atoms with van der Waals surface area (Å²) in [7, 11) is 0. The Morgan fingerprint density at radius 1 is 1.39 bits per heavy atom. The summed E-state index contributed by atoms with van der Waals surface area (Å²) < 4.78 is 0. The van der Waals surface area contributed by atoms with Crippen LogP contribution >= 0.6 is 0 Å². The van der Waals surface area contributed by atoms with Gasteiger partial charge in [-0.1, -0.05) is 13.8 Å². The molecule has 0 bridgehead atoms. The zero-order valence-corrected chi connectivity index (χ0v) is 11.0. The van der Waals surface area contributed by atoms with Crippen LogP contribution in [0.25, 0.3) is 0 Å². The lowest BCUT2D eigenvalue weighted by Gasteiger charge is -2.20. The van der Waals surface area contributed by atoms with E-state index < -0.39 is 0 Å². The molecule has 18 heavy (non-hydrogen) atoms. The maximum atomic E-state index is 11.0. The van der Waals surface area contributed by atoms with Gasteiger partial charge >= 0.3 is 5.69 Å². The van der Waals surface area contributed by atoms with E-state index in [-0.39, 0.29) is 16.7 Å². The number of aryl methyl sites for hydroxylation is 1. The number of nitrogens with one attached hydrogen (secondary N) is 1. The van der Waals surface area contributed by atoms with Crippen LogP contribution in [-0.2, 0) is 0 Å². The predicted molar refractivity (Wildman–Crippen MR) is 70.6 cm³/mol. The van der Waals surface area contributed by atoms with Crippen LogP contribution in [0.2, 0.25) is 0 Å². The van der Waals surface area contributed by atoms with Crippen molar-refractivity contribution in [2.45, 2.75) is 39.7 Å². The quantitative estimate of drug-likeness (QED) is 0.660. The first kappa shape index (κ1) is 12.8. The summed E-state index contributed by atoms with van der Waals surface area (Å²) in [6, 6.07) is 3.48. The van der Waals surface area contributed by atoms with Gasteiger partial charge in [-0.3, -0.25) is 10.1 Å². The van der Waals surface area contributed by atoms with Crippen LogP contribution in [0.3, 0.4) is 0 Å². The second-order valence-corrected chi connectivity index (χ2v) is 5.24. The summed E-state index contributed by atoms with van der Waals surface area (Å²) in [6.07, 6.45) is 2.22. The smallest absolute Gasteiger partial charge is 0.311 e. The van der Waals surface area contributed by atoms with Crippen LogP contribution in [0.4, 0.5) is 11.5 Å². The Hall–Kier alpha value is -1.65. The maximum absolute atomic E-state index is 11.0. The molecule has 3 unspecified atom stereocenters. The molecule has 1 aliphatic rings. The Balaban J connectivity index is 2.23. The van der Waals surface area contributed by atoms with Gasteiger partial charge in [-0.25, -0.2) is 4.98 Å². The second kappa shape index (κ2) is 4.92. The highest BCUT2D eigenvalue weighted by atomic mass is 16.6. The topological polar surface area (TPSA) is 68.1 Å². The predicted octanol–water partition coefficient (Wildman–Crippen LogP) is 3.14. The summed E-state index contributed by atoms with van der Waals surface area (Å²) in [6.45, 7) is 6.26. The van der Waals surface area contributed by atoms with E-state index in [0.717, 1.165) is 12.1 Å². The van der Waals surface area contributed by atoms with E-state index in [2.05, 4.69) is 24.1 Å². The highest BCUT2D eigenvalue weighted by Gasteiger charge is 2.31. The molecule has 5 nitrogen and oxygen atoms in total. The molecule has 1 heterocycles. The van der Waals surface area contributed by atoms with Gasteiger partial charge in [0.15, 0.2) is 0 Å². The molecule has 1 aliphatic carbocycles. The van der Waals surface area contributed by atoms with Crippen molar-refractivity contribution < 1.29 is 4.92 Å². The van der Waals surface area contributed by atoms with Crippen LogP contribution in [0.5, 0.6) is 0 Å². The van der Waals surface area contributed by atoms with Crippen molar-refractivity contribution in [3.63, 3.8) is 0 Å². The van der Waals surface area contributed by atoms with Crippen LogP contribution < -0.4 is 5.32 Å². The van der Waals surface area contributed by atoms with Gasteiger partial charge in [-0.05, 0) is 37.7 Å². The molecule has 0 aromatic carbocycles. The van der Waals surface area contributed by atoms with Gasteiger partial charge in [-0.2, -0.15) is 0 Å². The molecule has 1 saturated carbocycles. The number of pyridine rings is 1. The van der Waals surface area contributed by atoms with E-state index in [0.29, 0.717) is 17.7 Å². The first-order chi connectivity index (χ1) is 8.49. The average Bonchev–Trinajstić information content (AvgIpc) is 2.61. The number of hydrogen-bond acceptors (Lipinski definition) is 4. The van der Waals surface area contributed by atoms with Crippen molar-refractivity contribution in [2.24, 2.45) is 11.8 Å². The second-order valence-electron chi connectivity index (χ2n) is 5.24. The van der Waals surface area contributed by atoms with Crippen LogP contribution in [0, 0.1) is 28.9 Å². The largest absolute Gasteiger partial charge is 0.361 e. The van der Waals surface area contributed by atoms with E-state index in [4.69, 9.17) is 0 Å². The Bertz CT molecular complexity index is 462. The molecule has 0 spiro atoms. The standard InChI is InChI=1S/C13H19N3O2/c1-8-4-6-11(10(8)3)15-13-12(16(17)18)7-5-9(2)14-13/h5,7-8,10-11H,4,6H2,1-3H3,(H,14,15). The number of aromatic nitrogens is 1. The lowest BCUT2D eigenvalue weighted by Crippen LogP contribution is -2.25. The first-order valence-electron chi connectivity index (χ1n) is 6.37. The highest BCUT2D eigenvalue weighted by molar-refractivity contribution is 5.56. The molecule has 1 aromatic rings. The molecule has 0 amide bonds. The summed E-state index contributed by atoms with van der Waals surface area (Å²) >= 11 is 0. The molecule has 2 rings (SSSR count). The average molecular weight is 249 g/mol. The van der Waals surface area contributed by atoms with Gasteiger partial charge in [0.1, 0.15) is 0 Å². The lowest BCUT2D eigenvalue weighted by atomic mass is 9.98. The third kappa shape index (κ3) is 2.44. The molecule has 0 aliphatic heterocycles. The zero-order valence-electron chi connectivity index (χ0n) is 11.0. The van der Waals surface area contributed by atoms with Gasteiger partial charge in [0, 0.05) is 17.8 Å². The number of rotatable bonds is 3. The maximum Gasteiger partial charge on any atom is 0.311 e. The van der Waals surface area contributed by atoms with Gasteiger partial charge < -0.3 is 5.32 Å². The van der Waals surface area contributed by atoms with E-state index >= 15 is 0 Å². The van der Waals surface area contributed by atoms with Gasteiger partial charge in [0.2, 0.25) is 5.82 Å². The molecular weight excluding hydrogens is 230 g/mol. The minimum absolute atomic E-state index is 0.0624. The lowest BCUT2D eigenvalue weighted by molar-refractivity contribution is -0.384. The van der Waals surface area contributed by atoms with Crippen molar-refractivity contribution in [3.05, 3.63) is 27.9 Å². The number of nitro groups is 1. The minimum Gasteiger partial charge on any atom is -0.361 e. The first-order valence-corrected chi connectivity index (χ1v) is 6.37. The Kier molecular flexibility index (Phi) is 3.50. The molecule has 98 valence electrons. The van der Waals surface area contributed by atoms with E-state index in [1.165, 1.54) is 12.5 Å². The van der Waals surface area contributed by atoms with Crippen molar-refractivity contribution in [1.82, 2.24) is 4.98 Å². The van der Waals surface area contributed by atoms with Crippen molar-refractivity contribution in [1.29, 1.82) is 0 Å². The zero-order chi connectivity index (χ0) is 13.3. The number of hydrogen-bond donors (Lipinski definition) is 1.